The average molecular weight is 273 g/mol. The van der Waals surface area contributed by atoms with Crippen molar-refractivity contribution in [2.24, 2.45) is 0 Å². The summed E-state index contributed by atoms with van der Waals surface area (Å²) >= 11 is 0. The third-order valence-electron chi connectivity index (χ3n) is 3.68. The van der Waals surface area contributed by atoms with Gasteiger partial charge in [-0.25, -0.2) is 0 Å². The number of hydrogen-bond acceptors (Lipinski definition) is 2. The van der Waals surface area contributed by atoms with Crippen LogP contribution in [0, 0.1) is 0 Å². The second-order valence-electron chi connectivity index (χ2n) is 4.85. The second kappa shape index (κ2) is 4.83. The normalized spacial score (nSPS) is 19.1. The maximum Gasteiger partial charge on any atom is 0.418 e. The monoisotopic (exact) mass is 273 g/mol. The Bertz CT molecular complexity index is 479. The molecule has 19 heavy (non-hydrogen) atoms. The molecule has 3 nitrogen and oxygen atoms in total. The Morgan fingerprint density at radius 3 is 2.42 bits per heavy atom. The quantitative estimate of drug-likeness (QED) is 0.898. The predicted molar refractivity (Wildman–Crippen MR) is 61.6 cm³/mol. The van der Waals surface area contributed by atoms with Crippen LogP contribution in [-0.2, 0) is 16.4 Å². The molecule has 1 aromatic heterocycles. The fourth-order valence-corrected chi connectivity index (χ4v) is 2.72. The SMILES string of the molecule is O=C(O)C1(c2ncccc2C(F)(F)F)CCCCC1. The van der Waals surface area contributed by atoms with Gasteiger partial charge in [0.15, 0.2) is 0 Å². The van der Waals surface area contributed by atoms with Gasteiger partial charge in [0.25, 0.3) is 0 Å². The third kappa shape index (κ3) is 2.43. The molecule has 0 saturated heterocycles. The molecule has 0 spiro atoms. The van der Waals surface area contributed by atoms with Gasteiger partial charge in [0.2, 0.25) is 0 Å². The van der Waals surface area contributed by atoms with E-state index in [1.165, 1.54) is 12.3 Å². The maximum absolute atomic E-state index is 13.0. The van der Waals surface area contributed by atoms with Crippen LogP contribution < -0.4 is 0 Å². The van der Waals surface area contributed by atoms with Gasteiger partial charge in [-0.2, -0.15) is 13.2 Å². The number of carbonyl (C=O) groups is 1. The molecule has 0 atom stereocenters. The lowest BCUT2D eigenvalue weighted by Gasteiger charge is -2.34. The predicted octanol–water partition coefficient (Wildman–Crippen LogP) is 3.39. The summed E-state index contributed by atoms with van der Waals surface area (Å²) in [5.41, 5.74) is -2.77. The van der Waals surface area contributed by atoms with Crippen LogP contribution in [0.15, 0.2) is 18.3 Å². The zero-order valence-corrected chi connectivity index (χ0v) is 10.2. The van der Waals surface area contributed by atoms with Crippen LogP contribution in [0.5, 0.6) is 0 Å². The number of halogens is 3. The van der Waals surface area contributed by atoms with Crippen molar-refractivity contribution in [2.45, 2.75) is 43.7 Å². The molecule has 0 amide bonds. The standard InChI is InChI=1S/C13H14F3NO2/c14-13(15,16)9-5-4-8-17-10(9)12(11(18)19)6-2-1-3-7-12/h4-5,8H,1-3,6-7H2,(H,18,19). The fraction of sp³-hybridized carbons (Fsp3) is 0.538. The van der Waals surface area contributed by atoms with E-state index in [9.17, 15) is 23.1 Å². The molecule has 0 unspecified atom stereocenters. The van der Waals surface area contributed by atoms with Crippen molar-refractivity contribution >= 4 is 5.97 Å². The topological polar surface area (TPSA) is 50.2 Å². The van der Waals surface area contributed by atoms with E-state index in [1.54, 1.807) is 0 Å². The zero-order chi connectivity index (χ0) is 14.1. The van der Waals surface area contributed by atoms with E-state index < -0.39 is 23.1 Å². The Hall–Kier alpha value is -1.59. The number of nitrogens with zero attached hydrogens (tertiary/aromatic N) is 1. The molecule has 0 bridgehead atoms. The summed E-state index contributed by atoms with van der Waals surface area (Å²) in [6.07, 6.45) is -0.859. The molecule has 1 saturated carbocycles. The summed E-state index contributed by atoms with van der Waals surface area (Å²) in [5.74, 6) is -1.21. The Balaban J connectivity index is 2.58. The van der Waals surface area contributed by atoms with Crippen molar-refractivity contribution in [3.63, 3.8) is 0 Å². The smallest absolute Gasteiger partial charge is 0.418 e. The highest BCUT2D eigenvalue weighted by atomic mass is 19.4. The van der Waals surface area contributed by atoms with E-state index in [1.807, 2.05) is 0 Å². The number of aliphatic carboxylic acids is 1. The Labute approximate surface area is 108 Å². The molecule has 1 heterocycles. The van der Waals surface area contributed by atoms with Crippen LogP contribution in [0.2, 0.25) is 0 Å². The summed E-state index contributed by atoms with van der Waals surface area (Å²) in [6, 6.07) is 2.09. The molecular formula is C13H14F3NO2. The molecule has 1 aliphatic rings. The van der Waals surface area contributed by atoms with Crippen molar-refractivity contribution in [3.05, 3.63) is 29.6 Å². The molecule has 1 N–H and O–H groups in total. The van der Waals surface area contributed by atoms with Crippen LogP contribution in [0.25, 0.3) is 0 Å². The number of alkyl halides is 3. The summed E-state index contributed by atoms with van der Waals surface area (Å²) < 4.78 is 39.0. The summed E-state index contributed by atoms with van der Waals surface area (Å²) in [4.78, 5) is 15.3. The number of pyridine rings is 1. The zero-order valence-electron chi connectivity index (χ0n) is 10.2. The summed E-state index contributed by atoms with van der Waals surface area (Å²) in [7, 11) is 0. The lowest BCUT2D eigenvalue weighted by atomic mass is 9.70. The molecule has 104 valence electrons. The first kappa shape index (κ1) is 13.8. The lowest BCUT2D eigenvalue weighted by molar-refractivity contribution is -0.148. The number of hydrogen-bond donors (Lipinski definition) is 1. The van der Waals surface area contributed by atoms with Crippen molar-refractivity contribution in [3.8, 4) is 0 Å². The van der Waals surface area contributed by atoms with Crippen LogP contribution in [0.1, 0.15) is 43.4 Å². The maximum atomic E-state index is 13.0. The average Bonchev–Trinajstić information content (AvgIpc) is 2.38. The minimum absolute atomic E-state index is 0.211. The van der Waals surface area contributed by atoms with Gasteiger partial charge in [-0.15, -0.1) is 0 Å². The number of aromatic nitrogens is 1. The van der Waals surface area contributed by atoms with E-state index in [0.717, 1.165) is 12.5 Å². The van der Waals surface area contributed by atoms with Crippen LogP contribution in [0.3, 0.4) is 0 Å². The van der Waals surface area contributed by atoms with Crippen molar-refractivity contribution < 1.29 is 23.1 Å². The van der Waals surface area contributed by atoms with E-state index in [4.69, 9.17) is 0 Å². The minimum atomic E-state index is -4.58. The molecule has 1 aliphatic carbocycles. The van der Waals surface area contributed by atoms with Gasteiger partial charge in [0.1, 0.15) is 5.41 Å². The van der Waals surface area contributed by atoms with Crippen LogP contribution in [0.4, 0.5) is 13.2 Å². The molecule has 2 rings (SSSR count). The van der Waals surface area contributed by atoms with Crippen LogP contribution >= 0.6 is 0 Å². The molecule has 1 fully saturated rings. The van der Waals surface area contributed by atoms with Gasteiger partial charge in [0, 0.05) is 6.20 Å². The first-order chi connectivity index (χ1) is 8.88. The van der Waals surface area contributed by atoms with E-state index >= 15 is 0 Å². The largest absolute Gasteiger partial charge is 0.481 e. The highest BCUT2D eigenvalue weighted by Gasteiger charge is 2.48. The van der Waals surface area contributed by atoms with E-state index in [-0.39, 0.29) is 18.5 Å². The molecule has 6 heteroatoms. The molecule has 0 aromatic carbocycles. The number of rotatable bonds is 2. The Kier molecular flexibility index (Phi) is 3.52. The first-order valence-corrected chi connectivity index (χ1v) is 6.14. The van der Waals surface area contributed by atoms with E-state index in [2.05, 4.69) is 4.98 Å². The minimum Gasteiger partial charge on any atom is -0.481 e. The molecule has 1 aromatic rings. The number of carboxylic acid groups (broad SMARTS) is 1. The van der Waals surface area contributed by atoms with Gasteiger partial charge in [-0.3, -0.25) is 9.78 Å². The molecule has 0 aliphatic heterocycles. The highest BCUT2D eigenvalue weighted by molar-refractivity contribution is 5.81. The molecule has 0 radical (unpaired) electrons. The van der Waals surface area contributed by atoms with Gasteiger partial charge >= 0.3 is 12.1 Å². The van der Waals surface area contributed by atoms with Gasteiger partial charge < -0.3 is 5.11 Å². The van der Waals surface area contributed by atoms with Gasteiger partial charge in [-0.05, 0) is 25.0 Å². The highest BCUT2D eigenvalue weighted by Crippen LogP contribution is 2.44. The second-order valence-corrected chi connectivity index (χ2v) is 4.85. The Morgan fingerprint density at radius 1 is 1.26 bits per heavy atom. The van der Waals surface area contributed by atoms with Gasteiger partial charge in [0.05, 0.1) is 11.3 Å². The fourth-order valence-electron chi connectivity index (χ4n) is 2.72. The van der Waals surface area contributed by atoms with Crippen LogP contribution in [-0.4, -0.2) is 16.1 Å². The van der Waals surface area contributed by atoms with Crippen molar-refractivity contribution in [1.29, 1.82) is 0 Å². The summed E-state index contributed by atoms with van der Waals surface area (Å²) in [5, 5.41) is 9.43. The summed E-state index contributed by atoms with van der Waals surface area (Å²) in [6.45, 7) is 0. The Morgan fingerprint density at radius 2 is 1.89 bits per heavy atom. The lowest BCUT2D eigenvalue weighted by Crippen LogP contribution is -2.40. The third-order valence-corrected chi connectivity index (χ3v) is 3.68. The molecular weight excluding hydrogens is 259 g/mol. The van der Waals surface area contributed by atoms with E-state index in [0.29, 0.717) is 12.8 Å². The number of carboxylic acids is 1. The van der Waals surface area contributed by atoms with Crippen molar-refractivity contribution in [1.82, 2.24) is 4.98 Å². The first-order valence-electron chi connectivity index (χ1n) is 6.14. The van der Waals surface area contributed by atoms with Gasteiger partial charge in [-0.1, -0.05) is 19.3 Å². The van der Waals surface area contributed by atoms with Crippen molar-refractivity contribution in [2.75, 3.05) is 0 Å².